The molecule has 0 aromatic heterocycles. The molecule has 3 rings (SSSR count). The fraction of sp³-hybridized carbons (Fsp3) is 0.562. The third kappa shape index (κ3) is 2.64. The number of fused-ring (bicyclic) bond motifs is 2. The number of rotatable bonds is 4. The van der Waals surface area contributed by atoms with E-state index in [0.29, 0.717) is 22.5 Å². The van der Waals surface area contributed by atoms with Crippen molar-refractivity contribution in [2.45, 2.75) is 38.6 Å². The van der Waals surface area contributed by atoms with Crippen molar-refractivity contribution in [3.05, 3.63) is 28.8 Å². The fourth-order valence-electron chi connectivity index (χ4n) is 3.72. The largest absolute Gasteiger partial charge is 0.385 e. The molecular weight excluding hydrogens is 272 g/mol. The van der Waals surface area contributed by atoms with Crippen LogP contribution in [0.2, 0.25) is 5.02 Å². The van der Waals surface area contributed by atoms with E-state index in [-0.39, 0.29) is 5.91 Å². The Labute approximate surface area is 125 Å². The number of carbonyl (C=O) groups is 1. The highest BCUT2D eigenvalue weighted by atomic mass is 35.5. The molecule has 4 heteroatoms. The van der Waals surface area contributed by atoms with Crippen LogP contribution in [0.15, 0.2) is 18.2 Å². The quantitative estimate of drug-likeness (QED) is 0.888. The van der Waals surface area contributed by atoms with Gasteiger partial charge in [-0.3, -0.25) is 4.79 Å². The van der Waals surface area contributed by atoms with Crippen LogP contribution in [0, 0.1) is 11.8 Å². The van der Waals surface area contributed by atoms with Crippen molar-refractivity contribution >= 4 is 23.2 Å². The van der Waals surface area contributed by atoms with Crippen LogP contribution >= 0.6 is 11.6 Å². The maximum Gasteiger partial charge on any atom is 0.253 e. The van der Waals surface area contributed by atoms with Crippen molar-refractivity contribution in [3.8, 4) is 0 Å². The Balaban J connectivity index is 1.74. The summed E-state index contributed by atoms with van der Waals surface area (Å²) >= 11 is 6.03. The first-order valence-electron chi connectivity index (χ1n) is 7.51. The van der Waals surface area contributed by atoms with Crippen molar-refractivity contribution in [1.82, 2.24) is 5.32 Å². The molecule has 2 aliphatic carbocycles. The summed E-state index contributed by atoms with van der Waals surface area (Å²) < 4.78 is 0. The van der Waals surface area contributed by atoms with Crippen LogP contribution in [0.3, 0.4) is 0 Å². The van der Waals surface area contributed by atoms with Gasteiger partial charge in [0.1, 0.15) is 0 Å². The van der Waals surface area contributed by atoms with Crippen molar-refractivity contribution in [2.24, 2.45) is 11.8 Å². The lowest BCUT2D eigenvalue weighted by atomic mass is 9.95. The Morgan fingerprint density at radius 2 is 2.20 bits per heavy atom. The lowest BCUT2D eigenvalue weighted by Crippen LogP contribution is -2.38. The molecule has 3 unspecified atom stereocenters. The number of hydrogen-bond donors (Lipinski definition) is 2. The molecule has 0 aliphatic heterocycles. The van der Waals surface area contributed by atoms with E-state index in [2.05, 4.69) is 10.6 Å². The number of halogens is 1. The van der Waals surface area contributed by atoms with Crippen LogP contribution in [0.1, 0.15) is 43.0 Å². The molecule has 2 aliphatic rings. The summed E-state index contributed by atoms with van der Waals surface area (Å²) in [5.41, 5.74) is 1.51. The number of benzene rings is 1. The molecule has 0 saturated heterocycles. The van der Waals surface area contributed by atoms with Gasteiger partial charge in [-0.25, -0.2) is 0 Å². The van der Waals surface area contributed by atoms with E-state index in [1.807, 2.05) is 19.1 Å². The summed E-state index contributed by atoms with van der Waals surface area (Å²) in [4.78, 5) is 12.5. The number of nitrogens with one attached hydrogen (secondary N) is 2. The maximum atomic E-state index is 12.5. The molecule has 0 radical (unpaired) electrons. The zero-order valence-electron chi connectivity index (χ0n) is 11.8. The SMILES string of the molecule is CCNc1ccc(Cl)cc1C(=O)NC1CC2CCC1C2. The van der Waals surface area contributed by atoms with E-state index >= 15 is 0 Å². The molecule has 3 nitrogen and oxygen atoms in total. The molecule has 0 spiro atoms. The third-order valence-corrected chi connectivity index (χ3v) is 4.88. The monoisotopic (exact) mass is 292 g/mol. The molecule has 1 aromatic carbocycles. The van der Waals surface area contributed by atoms with Gasteiger partial charge >= 0.3 is 0 Å². The van der Waals surface area contributed by atoms with Crippen molar-refractivity contribution in [1.29, 1.82) is 0 Å². The standard InChI is InChI=1S/C16H21ClN2O/c1-2-18-14-6-5-12(17)9-13(14)16(20)19-15-8-10-3-4-11(15)7-10/h5-6,9-11,15,18H,2-4,7-8H2,1H3,(H,19,20). The minimum Gasteiger partial charge on any atom is -0.385 e. The van der Waals surface area contributed by atoms with Gasteiger partial charge in [-0.2, -0.15) is 0 Å². The minimum atomic E-state index is 0.000926. The lowest BCUT2D eigenvalue weighted by Gasteiger charge is -2.23. The van der Waals surface area contributed by atoms with Gasteiger partial charge in [-0.15, -0.1) is 0 Å². The summed E-state index contributed by atoms with van der Waals surface area (Å²) in [5, 5.41) is 7.04. The summed E-state index contributed by atoms with van der Waals surface area (Å²) in [6.45, 7) is 2.81. The van der Waals surface area contributed by atoms with Crippen LogP contribution in [0.4, 0.5) is 5.69 Å². The van der Waals surface area contributed by atoms with Gasteiger partial charge in [-0.1, -0.05) is 18.0 Å². The molecule has 108 valence electrons. The summed E-state index contributed by atoms with van der Waals surface area (Å²) in [6, 6.07) is 5.80. The van der Waals surface area contributed by atoms with Gasteiger partial charge in [0.15, 0.2) is 0 Å². The first-order valence-corrected chi connectivity index (χ1v) is 7.89. The highest BCUT2D eigenvalue weighted by molar-refractivity contribution is 6.31. The van der Waals surface area contributed by atoms with E-state index in [9.17, 15) is 4.79 Å². The molecule has 0 heterocycles. The Morgan fingerprint density at radius 3 is 2.85 bits per heavy atom. The smallest absolute Gasteiger partial charge is 0.253 e. The molecule has 1 aromatic rings. The van der Waals surface area contributed by atoms with Crippen molar-refractivity contribution < 1.29 is 4.79 Å². The van der Waals surface area contributed by atoms with Crippen molar-refractivity contribution in [2.75, 3.05) is 11.9 Å². The number of amides is 1. The number of hydrogen-bond acceptors (Lipinski definition) is 2. The predicted molar refractivity (Wildman–Crippen MR) is 82.3 cm³/mol. The van der Waals surface area contributed by atoms with Gasteiger partial charge in [0.2, 0.25) is 0 Å². The molecular formula is C16H21ClN2O. The first-order chi connectivity index (χ1) is 9.67. The third-order valence-electron chi connectivity index (χ3n) is 4.65. The van der Waals surface area contributed by atoms with Gasteiger partial charge < -0.3 is 10.6 Å². The average molecular weight is 293 g/mol. The topological polar surface area (TPSA) is 41.1 Å². The molecule has 2 N–H and O–H groups in total. The molecule has 2 saturated carbocycles. The fourth-order valence-corrected chi connectivity index (χ4v) is 3.89. The lowest BCUT2D eigenvalue weighted by molar-refractivity contribution is 0.0923. The van der Waals surface area contributed by atoms with Gasteiger partial charge in [0.05, 0.1) is 5.56 Å². The second-order valence-corrected chi connectivity index (χ2v) is 6.41. The molecule has 2 fully saturated rings. The first kappa shape index (κ1) is 13.7. The Bertz CT molecular complexity index is 517. The highest BCUT2D eigenvalue weighted by Crippen LogP contribution is 2.44. The Kier molecular flexibility index (Phi) is 3.88. The van der Waals surface area contributed by atoms with Crippen molar-refractivity contribution in [3.63, 3.8) is 0 Å². The molecule has 20 heavy (non-hydrogen) atoms. The minimum absolute atomic E-state index is 0.000926. The van der Waals surface area contributed by atoms with E-state index in [4.69, 9.17) is 11.6 Å². The zero-order chi connectivity index (χ0) is 14.1. The molecule has 2 bridgehead atoms. The average Bonchev–Trinajstić information content (AvgIpc) is 3.03. The summed E-state index contributed by atoms with van der Waals surface area (Å²) in [7, 11) is 0. The normalized spacial score (nSPS) is 27.6. The molecule has 1 amide bonds. The van der Waals surface area contributed by atoms with Crippen LogP contribution < -0.4 is 10.6 Å². The van der Waals surface area contributed by atoms with Crippen LogP contribution in [-0.2, 0) is 0 Å². The Hall–Kier alpha value is -1.22. The zero-order valence-corrected chi connectivity index (χ0v) is 12.5. The second kappa shape index (κ2) is 5.65. The maximum absolute atomic E-state index is 12.5. The second-order valence-electron chi connectivity index (χ2n) is 5.98. The van der Waals surface area contributed by atoms with E-state index < -0.39 is 0 Å². The molecule has 3 atom stereocenters. The number of anilines is 1. The van der Waals surface area contributed by atoms with Crippen LogP contribution in [0.5, 0.6) is 0 Å². The Morgan fingerprint density at radius 1 is 1.35 bits per heavy atom. The van der Waals surface area contributed by atoms with Gasteiger partial charge in [0, 0.05) is 23.3 Å². The predicted octanol–water partition coefficient (Wildman–Crippen LogP) is 3.69. The van der Waals surface area contributed by atoms with Gasteiger partial charge in [0.25, 0.3) is 5.91 Å². The van der Waals surface area contributed by atoms with E-state index in [0.717, 1.165) is 24.6 Å². The summed E-state index contributed by atoms with van der Waals surface area (Å²) in [6.07, 6.45) is 5.05. The van der Waals surface area contributed by atoms with Gasteiger partial charge in [-0.05, 0) is 56.2 Å². The van der Waals surface area contributed by atoms with Crippen LogP contribution in [0.25, 0.3) is 0 Å². The van der Waals surface area contributed by atoms with Crippen LogP contribution in [-0.4, -0.2) is 18.5 Å². The summed E-state index contributed by atoms with van der Waals surface area (Å²) in [5.74, 6) is 1.52. The number of carbonyl (C=O) groups excluding carboxylic acids is 1. The van der Waals surface area contributed by atoms with E-state index in [1.165, 1.54) is 19.3 Å². The van der Waals surface area contributed by atoms with E-state index in [1.54, 1.807) is 6.07 Å². The highest BCUT2D eigenvalue weighted by Gasteiger charge is 2.40.